The minimum absolute atomic E-state index is 0.401. The van der Waals surface area contributed by atoms with Crippen LogP contribution in [-0.4, -0.2) is 20.2 Å². The van der Waals surface area contributed by atoms with Gasteiger partial charge in [0.2, 0.25) is 0 Å². The van der Waals surface area contributed by atoms with E-state index >= 15 is 0 Å². The highest BCUT2D eigenvalue weighted by Crippen LogP contribution is 2.06. The Labute approximate surface area is 86.0 Å². The fourth-order valence-electron chi connectivity index (χ4n) is 1.07. The monoisotopic (exact) mass is 206 g/mol. The first-order valence-corrected chi connectivity index (χ1v) is 4.44. The normalized spacial score (nSPS) is 10.1. The molecule has 0 aliphatic carbocycles. The van der Waals surface area contributed by atoms with E-state index in [2.05, 4.69) is 20.2 Å². The van der Waals surface area contributed by atoms with E-state index in [0.717, 1.165) is 11.3 Å². The molecule has 2 heterocycles. The molecule has 0 saturated heterocycles. The molecule has 0 unspecified atom stereocenters. The van der Waals surface area contributed by atoms with Crippen LogP contribution in [0.25, 0.3) is 0 Å². The van der Waals surface area contributed by atoms with Crippen LogP contribution in [0, 0.1) is 0 Å². The van der Waals surface area contributed by atoms with E-state index in [1.165, 1.54) is 6.33 Å². The first kappa shape index (κ1) is 9.02. The SMILES string of the molecule is Clc1ccc(Cc2cncnc2)nn1. The summed E-state index contributed by atoms with van der Waals surface area (Å²) < 4.78 is 0. The van der Waals surface area contributed by atoms with E-state index in [9.17, 15) is 0 Å². The van der Waals surface area contributed by atoms with Gasteiger partial charge in [0.1, 0.15) is 6.33 Å². The van der Waals surface area contributed by atoms with Gasteiger partial charge in [0, 0.05) is 18.8 Å². The summed E-state index contributed by atoms with van der Waals surface area (Å²) in [4.78, 5) is 7.83. The summed E-state index contributed by atoms with van der Waals surface area (Å²) in [5.41, 5.74) is 1.85. The van der Waals surface area contributed by atoms with Gasteiger partial charge < -0.3 is 0 Å². The second-order valence-electron chi connectivity index (χ2n) is 2.77. The molecule has 0 aromatic carbocycles. The molecule has 0 aliphatic rings. The van der Waals surface area contributed by atoms with Gasteiger partial charge in [-0.25, -0.2) is 9.97 Å². The lowest BCUT2D eigenvalue weighted by Crippen LogP contribution is -1.95. The van der Waals surface area contributed by atoms with E-state index < -0.39 is 0 Å². The van der Waals surface area contributed by atoms with Gasteiger partial charge in [-0.2, -0.15) is 5.10 Å². The van der Waals surface area contributed by atoms with Crippen LogP contribution in [0.2, 0.25) is 5.15 Å². The van der Waals surface area contributed by atoms with E-state index in [4.69, 9.17) is 11.6 Å². The summed E-state index contributed by atoms with van der Waals surface area (Å²) in [5, 5.41) is 8.09. The highest BCUT2D eigenvalue weighted by Gasteiger charge is 1.98. The average molecular weight is 207 g/mol. The van der Waals surface area contributed by atoms with E-state index in [-0.39, 0.29) is 0 Å². The molecule has 0 atom stereocenters. The Morgan fingerprint density at radius 2 is 1.86 bits per heavy atom. The summed E-state index contributed by atoms with van der Waals surface area (Å²) in [6.07, 6.45) is 5.68. The molecule has 0 radical (unpaired) electrons. The molecule has 4 nitrogen and oxygen atoms in total. The van der Waals surface area contributed by atoms with E-state index in [1.54, 1.807) is 18.5 Å². The zero-order valence-electron chi connectivity index (χ0n) is 7.26. The van der Waals surface area contributed by atoms with E-state index in [0.29, 0.717) is 11.6 Å². The molecule has 2 aromatic rings. The number of hydrogen-bond acceptors (Lipinski definition) is 4. The van der Waals surface area contributed by atoms with Crippen LogP contribution in [-0.2, 0) is 6.42 Å². The molecule has 0 spiro atoms. The molecule has 5 heteroatoms. The van der Waals surface area contributed by atoms with Crippen molar-refractivity contribution in [2.45, 2.75) is 6.42 Å². The Morgan fingerprint density at radius 1 is 1.07 bits per heavy atom. The molecule has 2 aromatic heterocycles. The van der Waals surface area contributed by atoms with Gasteiger partial charge in [-0.3, -0.25) is 0 Å². The third kappa shape index (κ3) is 2.23. The molecule has 0 fully saturated rings. The fraction of sp³-hybridized carbons (Fsp3) is 0.111. The van der Waals surface area contributed by atoms with Crippen LogP contribution in [0.4, 0.5) is 0 Å². The molecular formula is C9H7ClN4. The molecule has 70 valence electrons. The van der Waals surface area contributed by atoms with Crippen molar-refractivity contribution in [1.82, 2.24) is 20.2 Å². The Kier molecular flexibility index (Phi) is 2.65. The van der Waals surface area contributed by atoms with Crippen LogP contribution in [0.15, 0.2) is 30.9 Å². The first-order chi connectivity index (χ1) is 6.84. The van der Waals surface area contributed by atoms with Gasteiger partial charge in [-0.05, 0) is 17.7 Å². The summed E-state index contributed by atoms with van der Waals surface area (Å²) in [7, 11) is 0. The number of halogens is 1. The maximum atomic E-state index is 5.62. The minimum atomic E-state index is 0.401. The largest absolute Gasteiger partial charge is 0.245 e. The van der Waals surface area contributed by atoms with Crippen molar-refractivity contribution in [1.29, 1.82) is 0 Å². The topological polar surface area (TPSA) is 51.6 Å². The van der Waals surface area contributed by atoms with Gasteiger partial charge in [0.15, 0.2) is 5.15 Å². The molecule has 0 N–H and O–H groups in total. The molecule has 2 rings (SSSR count). The fourth-order valence-corrected chi connectivity index (χ4v) is 1.17. The van der Waals surface area contributed by atoms with Crippen molar-refractivity contribution in [3.05, 3.63) is 47.3 Å². The van der Waals surface area contributed by atoms with Crippen LogP contribution in [0.3, 0.4) is 0 Å². The molecule has 14 heavy (non-hydrogen) atoms. The van der Waals surface area contributed by atoms with Gasteiger partial charge >= 0.3 is 0 Å². The molecule has 0 aliphatic heterocycles. The van der Waals surface area contributed by atoms with Gasteiger partial charge in [-0.1, -0.05) is 11.6 Å². The molecule has 0 saturated carbocycles. The van der Waals surface area contributed by atoms with Crippen LogP contribution in [0.5, 0.6) is 0 Å². The minimum Gasteiger partial charge on any atom is -0.245 e. The standard InChI is InChI=1S/C9H7ClN4/c10-9-2-1-8(13-14-9)3-7-4-11-6-12-5-7/h1-2,4-6H,3H2. The van der Waals surface area contributed by atoms with Crippen LogP contribution in [0.1, 0.15) is 11.3 Å². The quantitative estimate of drug-likeness (QED) is 0.748. The molecule has 0 bridgehead atoms. The van der Waals surface area contributed by atoms with E-state index in [1.807, 2.05) is 6.07 Å². The maximum absolute atomic E-state index is 5.62. The lowest BCUT2D eigenvalue weighted by molar-refractivity contribution is 0.927. The third-order valence-corrected chi connectivity index (χ3v) is 1.89. The Hall–Kier alpha value is -1.55. The summed E-state index contributed by atoms with van der Waals surface area (Å²) in [5.74, 6) is 0. The van der Waals surface area contributed by atoms with Gasteiger partial charge in [-0.15, -0.1) is 5.10 Å². The van der Waals surface area contributed by atoms with Gasteiger partial charge in [0.05, 0.1) is 5.69 Å². The lowest BCUT2D eigenvalue weighted by Gasteiger charge is -1.98. The maximum Gasteiger partial charge on any atom is 0.151 e. The molecular weight excluding hydrogens is 200 g/mol. The summed E-state index contributed by atoms with van der Waals surface area (Å²) >= 11 is 5.62. The predicted octanol–water partition coefficient (Wildman–Crippen LogP) is 1.51. The smallest absolute Gasteiger partial charge is 0.151 e. The predicted molar refractivity (Wildman–Crippen MR) is 51.9 cm³/mol. The number of nitrogens with zero attached hydrogens (tertiary/aromatic N) is 4. The van der Waals surface area contributed by atoms with Crippen molar-refractivity contribution >= 4 is 11.6 Å². The summed E-state index contributed by atoms with van der Waals surface area (Å²) in [6, 6.07) is 3.55. The van der Waals surface area contributed by atoms with Gasteiger partial charge in [0.25, 0.3) is 0 Å². The first-order valence-electron chi connectivity index (χ1n) is 4.06. The second kappa shape index (κ2) is 4.11. The molecule has 0 amide bonds. The number of aromatic nitrogens is 4. The lowest BCUT2D eigenvalue weighted by atomic mass is 10.2. The van der Waals surface area contributed by atoms with Crippen molar-refractivity contribution in [3.63, 3.8) is 0 Å². The second-order valence-corrected chi connectivity index (χ2v) is 3.16. The highest BCUT2D eigenvalue weighted by molar-refractivity contribution is 6.29. The average Bonchev–Trinajstić information content (AvgIpc) is 2.23. The van der Waals surface area contributed by atoms with Crippen molar-refractivity contribution in [3.8, 4) is 0 Å². The number of rotatable bonds is 2. The third-order valence-electron chi connectivity index (χ3n) is 1.69. The Balaban J connectivity index is 2.16. The Morgan fingerprint density at radius 3 is 2.50 bits per heavy atom. The van der Waals surface area contributed by atoms with Crippen molar-refractivity contribution in [2.75, 3.05) is 0 Å². The van der Waals surface area contributed by atoms with Crippen molar-refractivity contribution < 1.29 is 0 Å². The highest BCUT2D eigenvalue weighted by atomic mass is 35.5. The van der Waals surface area contributed by atoms with Crippen molar-refractivity contribution in [2.24, 2.45) is 0 Å². The van der Waals surface area contributed by atoms with Crippen LogP contribution >= 0.6 is 11.6 Å². The summed E-state index contributed by atoms with van der Waals surface area (Å²) in [6.45, 7) is 0. The number of hydrogen-bond donors (Lipinski definition) is 0. The van der Waals surface area contributed by atoms with Crippen LogP contribution < -0.4 is 0 Å². The Bertz CT molecular complexity index is 401. The zero-order valence-corrected chi connectivity index (χ0v) is 8.02. The zero-order chi connectivity index (χ0) is 9.80.